The zero-order chi connectivity index (χ0) is 21.7. The summed E-state index contributed by atoms with van der Waals surface area (Å²) in [5.41, 5.74) is 4.37. The Balaban J connectivity index is 1.85. The quantitative estimate of drug-likeness (QED) is 0.501. The van der Waals surface area contributed by atoms with E-state index in [0.717, 1.165) is 33.5 Å². The lowest BCUT2D eigenvalue weighted by Gasteiger charge is -2.26. The number of nitrogens with one attached hydrogen (secondary N) is 2. The number of thiocarbonyl (C=S) groups is 1. The molecule has 30 heavy (non-hydrogen) atoms. The largest absolute Gasteiger partial charge is 0.497 e. The molecular weight excluding hydrogens is 398 g/mol. The maximum absolute atomic E-state index is 12.7. The molecule has 2 aromatic carbocycles. The third-order valence-corrected chi connectivity index (χ3v) is 5.31. The number of H-pyrrole nitrogens is 1. The minimum Gasteiger partial charge on any atom is -0.497 e. The van der Waals surface area contributed by atoms with Crippen molar-refractivity contribution in [3.8, 4) is 5.75 Å². The first-order chi connectivity index (χ1) is 14.4. The number of rotatable bonds is 7. The van der Waals surface area contributed by atoms with Gasteiger partial charge >= 0.3 is 0 Å². The Labute approximate surface area is 181 Å². The molecule has 0 spiro atoms. The molecular formula is C23H27N3O3S. The predicted molar refractivity (Wildman–Crippen MR) is 125 cm³/mol. The summed E-state index contributed by atoms with van der Waals surface area (Å²) in [5, 5.41) is 14.0. The molecule has 0 fully saturated rings. The number of nitrogens with zero attached hydrogens (tertiary/aromatic N) is 1. The molecule has 0 unspecified atom stereocenters. The molecule has 7 heteroatoms. The molecule has 0 bridgehead atoms. The maximum Gasteiger partial charge on any atom is 0.253 e. The van der Waals surface area contributed by atoms with Gasteiger partial charge in [-0.25, -0.2) is 0 Å². The third kappa shape index (κ3) is 5.17. The van der Waals surface area contributed by atoms with Crippen LogP contribution in [0.15, 0.2) is 47.3 Å². The maximum atomic E-state index is 12.7. The van der Waals surface area contributed by atoms with Gasteiger partial charge in [-0.2, -0.15) is 0 Å². The van der Waals surface area contributed by atoms with Crippen LogP contribution in [0.2, 0.25) is 0 Å². The van der Waals surface area contributed by atoms with Crippen LogP contribution in [0.1, 0.15) is 23.1 Å². The molecule has 0 aliphatic carbocycles. The number of hydrogen-bond donors (Lipinski definition) is 3. The van der Waals surface area contributed by atoms with Gasteiger partial charge < -0.3 is 25.0 Å². The van der Waals surface area contributed by atoms with Gasteiger partial charge in [0.1, 0.15) is 5.75 Å². The summed E-state index contributed by atoms with van der Waals surface area (Å²) in [6.45, 7) is 4.96. The molecule has 3 N–H and O–H groups in total. The molecule has 1 aromatic heterocycles. The summed E-state index contributed by atoms with van der Waals surface area (Å²) < 4.78 is 5.18. The van der Waals surface area contributed by atoms with Gasteiger partial charge in [0.15, 0.2) is 5.11 Å². The van der Waals surface area contributed by atoms with E-state index in [9.17, 15) is 9.90 Å². The molecule has 0 saturated heterocycles. The average molecular weight is 426 g/mol. The fourth-order valence-electron chi connectivity index (χ4n) is 3.45. The highest BCUT2D eigenvalue weighted by molar-refractivity contribution is 7.80. The number of aromatic nitrogens is 1. The van der Waals surface area contributed by atoms with Crippen LogP contribution in [0.25, 0.3) is 10.9 Å². The van der Waals surface area contributed by atoms with E-state index < -0.39 is 0 Å². The van der Waals surface area contributed by atoms with Crippen molar-refractivity contribution in [2.45, 2.75) is 26.8 Å². The van der Waals surface area contributed by atoms with Gasteiger partial charge in [0.2, 0.25) is 0 Å². The number of ether oxygens (including phenoxy) is 1. The van der Waals surface area contributed by atoms with Gasteiger partial charge in [-0.3, -0.25) is 4.79 Å². The number of aliphatic hydroxyl groups excluding tert-OH is 1. The van der Waals surface area contributed by atoms with Crippen molar-refractivity contribution in [1.82, 2.24) is 9.88 Å². The number of anilines is 1. The summed E-state index contributed by atoms with van der Waals surface area (Å²) in [5.74, 6) is 0.761. The number of methoxy groups -OCH3 is 1. The van der Waals surface area contributed by atoms with Gasteiger partial charge in [-0.05, 0) is 79.8 Å². The molecule has 3 aromatic rings. The van der Waals surface area contributed by atoms with Crippen LogP contribution >= 0.6 is 12.2 Å². The lowest BCUT2D eigenvalue weighted by atomic mass is 10.1. The molecule has 0 aliphatic rings. The Morgan fingerprint density at radius 3 is 2.60 bits per heavy atom. The van der Waals surface area contributed by atoms with E-state index in [0.29, 0.717) is 30.2 Å². The Morgan fingerprint density at radius 1 is 1.20 bits per heavy atom. The first kappa shape index (κ1) is 21.8. The van der Waals surface area contributed by atoms with Gasteiger partial charge in [-0.15, -0.1) is 0 Å². The zero-order valence-electron chi connectivity index (χ0n) is 17.5. The summed E-state index contributed by atoms with van der Waals surface area (Å²) in [6, 6.07) is 13.5. The number of aliphatic hydroxyl groups is 1. The highest BCUT2D eigenvalue weighted by Crippen LogP contribution is 2.19. The SMILES string of the molecule is COc1ccc(NC(=S)N(CCCO)Cc2cc3cc(C)cc(C)c3[nH]c2=O)cc1. The van der Waals surface area contributed by atoms with Crippen molar-refractivity contribution in [2.75, 3.05) is 25.6 Å². The lowest BCUT2D eigenvalue weighted by Crippen LogP contribution is -2.37. The van der Waals surface area contributed by atoms with E-state index in [-0.39, 0.29) is 12.2 Å². The molecule has 158 valence electrons. The normalized spacial score (nSPS) is 10.8. The third-order valence-electron chi connectivity index (χ3n) is 4.95. The summed E-state index contributed by atoms with van der Waals surface area (Å²) >= 11 is 5.60. The van der Waals surface area contributed by atoms with E-state index in [1.54, 1.807) is 7.11 Å². The van der Waals surface area contributed by atoms with Gasteiger partial charge in [-0.1, -0.05) is 11.6 Å². The predicted octanol–water partition coefficient (Wildman–Crippen LogP) is 3.73. The van der Waals surface area contributed by atoms with E-state index in [1.807, 2.05) is 49.1 Å². The molecule has 3 rings (SSSR count). The first-order valence-corrected chi connectivity index (χ1v) is 10.3. The zero-order valence-corrected chi connectivity index (χ0v) is 18.3. The molecule has 6 nitrogen and oxygen atoms in total. The molecule has 0 atom stereocenters. The van der Waals surface area contributed by atoms with Crippen LogP contribution in [0.3, 0.4) is 0 Å². The average Bonchev–Trinajstić information content (AvgIpc) is 2.72. The van der Waals surface area contributed by atoms with E-state index in [1.165, 1.54) is 0 Å². The number of benzene rings is 2. The smallest absolute Gasteiger partial charge is 0.253 e. The van der Waals surface area contributed by atoms with Crippen LogP contribution < -0.4 is 15.6 Å². The monoisotopic (exact) mass is 425 g/mol. The number of fused-ring (bicyclic) bond motifs is 1. The number of aromatic amines is 1. The topological polar surface area (TPSA) is 77.6 Å². The summed E-state index contributed by atoms with van der Waals surface area (Å²) in [4.78, 5) is 17.6. The second kappa shape index (κ2) is 9.73. The van der Waals surface area contributed by atoms with E-state index in [4.69, 9.17) is 17.0 Å². The van der Waals surface area contributed by atoms with Gasteiger partial charge in [0.25, 0.3) is 5.56 Å². The van der Waals surface area contributed by atoms with Crippen LogP contribution in [0.4, 0.5) is 5.69 Å². The Bertz CT molecular complexity index is 1090. The second-order valence-corrected chi connectivity index (χ2v) is 7.71. The van der Waals surface area contributed by atoms with E-state index >= 15 is 0 Å². The molecule has 0 aliphatic heterocycles. The summed E-state index contributed by atoms with van der Waals surface area (Å²) in [7, 11) is 1.62. The van der Waals surface area contributed by atoms with Crippen molar-refractivity contribution in [1.29, 1.82) is 0 Å². The Kier molecular flexibility index (Phi) is 7.07. The van der Waals surface area contributed by atoms with Crippen LogP contribution in [0.5, 0.6) is 5.75 Å². The van der Waals surface area contributed by atoms with Gasteiger partial charge in [0, 0.05) is 24.4 Å². The fraction of sp³-hybridized carbons (Fsp3) is 0.304. The molecule has 0 saturated carbocycles. The summed E-state index contributed by atoms with van der Waals surface area (Å²) in [6.07, 6.45) is 0.550. The minimum absolute atomic E-state index is 0.0497. The minimum atomic E-state index is -0.129. The number of aryl methyl sites for hydroxylation is 2. The van der Waals surface area contributed by atoms with E-state index in [2.05, 4.69) is 22.4 Å². The fourth-order valence-corrected chi connectivity index (χ4v) is 3.72. The highest BCUT2D eigenvalue weighted by atomic mass is 32.1. The molecule has 0 radical (unpaired) electrons. The number of hydrogen-bond acceptors (Lipinski definition) is 4. The Hall–Kier alpha value is -2.90. The Morgan fingerprint density at radius 2 is 1.93 bits per heavy atom. The molecule has 0 amide bonds. The first-order valence-electron chi connectivity index (χ1n) is 9.85. The van der Waals surface area contributed by atoms with Crippen LogP contribution in [0, 0.1) is 13.8 Å². The number of pyridine rings is 1. The second-order valence-electron chi connectivity index (χ2n) is 7.33. The van der Waals surface area contributed by atoms with Crippen molar-refractivity contribution >= 4 is 33.9 Å². The molecule has 1 heterocycles. The lowest BCUT2D eigenvalue weighted by molar-refractivity contribution is 0.266. The van der Waals surface area contributed by atoms with Crippen molar-refractivity contribution in [3.63, 3.8) is 0 Å². The van der Waals surface area contributed by atoms with Crippen LogP contribution in [-0.2, 0) is 6.54 Å². The van der Waals surface area contributed by atoms with Gasteiger partial charge in [0.05, 0.1) is 19.2 Å². The van der Waals surface area contributed by atoms with Crippen molar-refractivity contribution in [2.24, 2.45) is 0 Å². The highest BCUT2D eigenvalue weighted by Gasteiger charge is 2.14. The van der Waals surface area contributed by atoms with Crippen molar-refractivity contribution < 1.29 is 9.84 Å². The van der Waals surface area contributed by atoms with Crippen molar-refractivity contribution in [3.05, 3.63) is 69.5 Å². The standard InChI is InChI=1S/C23H27N3O3S/c1-15-11-16(2)21-17(12-15)13-18(22(28)25-21)14-26(9-4-10-27)23(30)24-19-5-7-20(29-3)8-6-19/h5-8,11-13,27H,4,9-10,14H2,1-3H3,(H,24,30)(H,25,28). The van der Waals surface area contributed by atoms with Crippen LogP contribution in [-0.4, -0.2) is 40.4 Å².